The Labute approximate surface area is 507 Å². The first kappa shape index (κ1) is 59.7. The van der Waals surface area contributed by atoms with Crippen LogP contribution in [0.3, 0.4) is 0 Å². The zero-order valence-corrected chi connectivity index (χ0v) is 49.8. The summed E-state index contributed by atoms with van der Waals surface area (Å²) in [6.07, 6.45) is 11.8. The van der Waals surface area contributed by atoms with Crippen LogP contribution >= 0.6 is 7.60 Å². The molecule has 20 heteroatoms. The number of ether oxygens (including phenoxy) is 1. The minimum absolute atomic E-state index is 0.0836. The fourth-order valence-electron chi connectivity index (χ4n) is 13.6. The third kappa shape index (κ3) is 12.3. The Bertz CT molecular complexity index is 4210. The highest BCUT2D eigenvalue weighted by molar-refractivity contribution is 7.52. The number of aryl methyl sites for hydroxylation is 2. The molecule has 3 amide bonds. The van der Waals surface area contributed by atoms with Crippen molar-refractivity contribution in [2.24, 2.45) is 0 Å². The van der Waals surface area contributed by atoms with E-state index in [2.05, 4.69) is 37.6 Å². The molecular formula is C68H70N5O14P. The molecule has 0 spiro atoms. The highest BCUT2D eigenvalue weighted by Crippen LogP contribution is 2.49. The molecular weight excluding hydrogens is 1140 g/mol. The van der Waals surface area contributed by atoms with E-state index in [1.54, 1.807) is 24.3 Å². The summed E-state index contributed by atoms with van der Waals surface area (Å²) in [5.74, 6) is -2.01. The third-order valence-electron chi connectivity index (χ3n) is 17.6. The standard InChI is InChI=1S/C68H70N5O14P/c74-44-19-23-48-56(37-44)86-57-38-45(75)20-24-49(57)59(48)52-35-42(17-21-46(52)67(79)80)65(77)71-27-7-3-4-8-32-85-88(83,84)39-58(76)69-25-5-1-2-6-26-70-66(78)43-18-22-47(68(81)82)53(36-43)60-54-33-40-13-9-28-72-30-11-15-50(61(40)72)63(54)87-64-51-16-12-31-73-29-10-14-41(62(51)73)34-55(60)64/h17-24,33-38H,1-16,25-32,39H2,(H6-,69,70,71,74,75,76,77,78,79,80,81,82,83,84). The van der Waals surface area contributed by atoms with Gasteiger partial charge >= 0.3 is 11.9 Å². The number of anilines is 1. The molecule has 12 rings (SSSR count). The number of phenols is 1. The van der Waals surface area contributed by atoms with Gasteiger partial charge in [0.25, 0.3) is 11.8 Å². The van der Waals surface area contributed by atoms with Gasteiger partial charge in [0, 0.05) is 119 Å². The molecule has 6 heterocycles. The highest BCUT2D eigenvalue weighted by Gasteiger charge is 2.37. The zero-order valence-electron chi connectivity index (χ0n) is 48.9. The first-order valence-electron chi connectivity index (χ1n) is 30.8. The zero-order chi connectivity index (χ0) is 61.2. The smallest absolute Gasteiger partial charge is 0.336 e. The molecule has 5 aromatic rings. The van der Waals surface area contributed by atoms with Crippen molar-refractivity contribution in [3.63, 3.8) is 0 Å². The van der Waals surface area contributed by atoms with E-state index in [0.717, 1.165) is 118 Å². The number of nitrogens with zero attached hydrogens (tertiary/aromatic N) is 2. The quantitative estimate of drug-likeness (QED) is 0.0153. The van der Waals surface area contributed by atoms with Crippen LogP contribution in [0.15, 0.2) is 94.1 Å². The van der Waals surface area contributed by atoms with Gasteiger partial charge in [0.1, 0.15) is 49.3 Å². The van der Waals surface area contributed by atoms with Crippen molar-refractivity contribution in [1.29, 1.82) is 0 Å². The van der Waals surface area contributed by atoms with Gasteiger partial charge in [-0.1, -0.05) is 25.7 Å². The van der Waals surface area contributed by atoms with Crippen molar-refractivity contribution in [2.45, 2.75) is 103 Å². The highest BCUT2D eigenvalue weighted by atomic mass is 31.2. The lowest BCUT2D eigenvalue weighted by Crippen LogP contribution is -2.45. The van der Waals surface area contributed by atoms with E-state index in [1.807, 2.05) is 0 Å². The maximum absolute atomic E-state index is 13.9. The van der Waals surface area contributed by atoms with Crippen molar-refractivity contribution >= 4 is 59.5 Å². The summed E-state index contributed by atoms with van der Waals surface area (Å²) in [5, 5.41) is 42.2. The van der Waals surface area contributed by atoms with Crippen LogP contribution in [0.2, 0.25) is 0 Å². The molecule has 0 saturated heterocycles. The summed E-state index contributed by atoms with van der Waals surface area (Å²) in [6, 6.07) is 22.1. The molecule has 1 atom stereocenters. The predicted molar refractivity (Wildman–Crippen MR) is 330 cm³/mol. The van der Waals surface area contributed by atoms with Gasteiger partial charge in [-0.2, -0.15) is 0 Å². The lowest BCUT2D eigenvalue weighted by atomic mass is 9.81. The van der Waals surface area contributed by atoms with E-state index in [-0.39, 0.29) is 70.4 Å². The van der Waals surface area contributed by atoms with Crippen LogP contribution in [0.4, 0.5) is 5.69 Å². The Kier molecular flexibility index (Phi) is 17.4. The number of phenolic OH excluding ortho intramolecular Hbond substituents is 1. The van der Waals surface area contributed by atoms with E-state index in [1.165, 1.54) is 81.8 Å². The van der Waals surface area contributed by atoms with Crippen molar-refractivity contribution in [2.75, 3.05) is 63.5 Å². The monoisotopic (exact) mass is 1210 g/mol. The molecule has 0 bridgehead atoms. The van der Waals surface area contributed by atoms with E-state index in [9.17, 15) is 53.5 Å². The Morgan fingerprint density at radius 1 is 0.636 bits per heavy atom. The van der Waals surface area contributed by atoms with E-state index < -0.39 is 37.5 Å². The Hall–Kier alpha value is -8.64. The Morgan fingerprint density at radius 3 is 1.99 bits per heavy atom. The average molecular weight is 1210 g/mol. The molecule has 19 nitrogen and oxygen atoms in total. The fraction of sp³-hybridized carbons (Fsp3) is 0.368. The number of amides is 3. The molecule has 5 aromatic carbocycles. The fourth-order valence-corrected chi connectivity index (χ4v) is 14.6. The number of unbranched alkanes of at least 4 members (excludes halogenated alkanes) is 6. The van der Waals surface area contributed by atoms with Crippen LogP contribution in [0.1, 0.15) is 152 Å². The van der Waals surface area contributed by atoms with Gasteiger partial charge in [-0.15, -0.1) is 0 Å². The van der Waals surface area contributed by atoms with Gasteiger partial charge in [0.15, 0.2) is 5.43 Å². The number of aromatic hydroxyl groups is 1. The summed E-state index contributed by atoms with van der Waals surface area (Å²) in [4.78, 5) is 92.9. The molecule has 6 N–H and O–H groups in total. The Morgan fingerprint density at radius 2 is 1.27 bits per heavy atom. The van der Waals surface area contributed by atoms with Crippen LogP contribution in [0, 0.1) is 0 Å². The number of carboxylic acids is 2. The second-order valence-corrected chi connectivity index (χ2v) is 25.4. The number of fused-ring (bicyclic) bond motifs is 6. The molecule has 0 radical (unpaired) electrons. The van der Waals surface area contributed by atoms with Crippen molar-refractivity contribution in [3.05, 3.63) is 161 Å². The van der Waals surface area contributed by atoms with Gasteiger partial charge < -0.3 is 59.3 Å². The summed E-state index contributed by atoms with van der Waals surface area (Å²) in [7, 11) is -4.46. The molecule has 6 aliphatic heterocycles. The minimum Gasteiger partial charge on any atom is -0.778 e. The summed E-state index contributed by atoms with van der Waals surface area (Å²) in [5.41, 5.74) is 9.91. The largest absolute Gasteiger partial charge is 0.778 e. The van der Waals surface area contributed by atoms with Crippen LogP contribution in [-0.4, -0.2) is 104 Å². The number of benzene rings is 6. The van der Waals surface area contributed by atoms with E-state index >= 15 is 0 Å². The van der Waals surface area contributed by atoms with Gasteiger partial charge in [0.05, 0.1) is 29.5 Å². The molecule has 0 fully saturated rings. The minimum atomic E-state index is -4.46. The summed E-state index contributed by atoms with van der Waals surface area (Å²) >= 11 is 0. The average Bonchev–Trinajstić information content (AvgIpc) is 0.759. The number of carboxylic acid groups (broad SMARTS) is 2. The summed E-state index contributed by atoms with van der Waals surface area (Å²) in [6.45, 7) is 4.85. The molecule has 0 saturated carbocycles. The molecule has 88 heavy (non-hydrogen) atoms. The Balaban J connectivity index is 0.587. The van der Waals surface area contributed by atoms with E-state index in [0.29, 0.717) is 72.7 Å². The summed E-state index contributed by atoms with van der Waals surface area (Å²) < 4.78 is 33.4. The molecule has 456 valence electrons. The van der Waals surface area contributed by atoms with Crippen LogP contribution in [0.5, 0.6) is 17.2 Å². The van der Waals surface area contributed by atoms with Crippen molar-refractivity contribution in [1.82, 2.24) is 20.5 Å². The molecule has 7 aliphatic rings. The normalized spacial score (nSPS) is 15.3. The van der Waals surface area contributed by atoms with Crippen LogP contribution in [-0.2, 0) is 39.6 Å². The van der Waals surface area contributed by atoms with Gasteiger partial charge in [-0.25, -0.2) is 14.2 Å². The van der Waals surface area contributed by atoms with Crippen LogP contribution in [0.25, 0.3) is 39.0 Å². The van der Waals surface area contributed by atoms with Gasteiger partial charge in [-0.3, -0.25) is 19.2 Å². The second kappa shape index (κ2) is 25.6. The topological polar surface area (TPSA) is 277 Å². The number of nitrogens with one attached hydrogen (secondary N) is 3. The third-order valence-corrected chi connectivity index (χ3v) is 18.9. The van der Waals surface area contributed by atoms with Crippen LogP contribution < -0.4 is 51.1 Å². The first-order chi connectivity index (χ1) is 42.6. The number of carbonyl (C=O) groups excluding carboxylic acids is 3. The maximum atomic E-state index is 13.9. The lowest BCUT2D eigenvalue weighted by molar-refractivity contribution is -0.198. The van der Waals surface area contributed by atoms with Crippen molar-refractivity contribution in [3.8, 4) is 39.7 Å². The lowest BCUT2D eigenvalue weighted by Gasteiger charge is -2.39. The van der Waals surface area contributed by atoms with Gasteiger partial charge in [-0.05, 0) is 154 Å². The number of hydrogen-bond donors (Lipinski definition) is 6. The SMILES string of the molecule is O=C(CP(=O)([O-])OCCCCCCNC(=O)c1ccc(C(=O)O)c(-c2c3ccc(=O)cc-3oc3cc(O)ccc23)c1)NCCCCCCNC(=O)c1ccc(C(=O)O)c(C2=c3cc4c5c(c3Oc3c2cc2c6c3CCCN6CCC2)CCC[N+]=5CCC4)c1. The van der Waals surface area contributed by atoms with Gasteiger partial charge in [0.2, 0.25) is 11.3 Å². The molecule has 1 aliphatic carbocycles. The predicted octanol–water partition coefficient (Wildman–Crippen LogP) is 8.07. The first-order valence-corrected chi connectivity index (χ1v) is 32.5. The number of aromatic carboxylic acids is 2. The maximum Gasteiger partial charge on any atom is 0.336 e. The number of carbonyl (C=O) groups is 5. The van der Waals surface area contributed by atoms with Crippen molar-refractivity contribution < 1.29 is 62.4 Å². The number of hydrogen-bond acceptors (Lipinski definition) is 13. The second-order valence-electron chi connectivity index (χ2n) is 23.6. The van der Waals surface area contributed by atoms with E-state index in [4.69, 9.17) is 13.7 Å². The molecule has 0 aromatic heterocycles. The number of rotatable bonds is 23. The molecule has 1 unspecified atom stereocenters.